The van der Waals surface area contributed by atoms with Crippen molar-refractivity contribution in [2.45, 2.75) is 52.3 Å². The van der Waals surface area contributed by atoms with Crippen molar-refractivity contribution >= 4 is 21.6 Å². The van der Waals surface area contributed by atoms with Crippen molar-refractivity contribution in [3.8, 4) is 0 Å². The Bertz CT molecular complexity index is 1030. The van der Waals surface area contributed by atoms with E-state index in [0.717, 1.165) is 35.2 Å². The molecule has 0 radical (unpaired) electrons. The van der Waals surface area contributed by atoms with Gasteiger partial charge < -0.3 is 19.2 Å². The van der Waals surface area contributed by atoms with Gasteiger partial charge in [-0.3, -0.25) is 9.69 Å². The second kappa shape index (κ2) is 9.43. The molecule has 3 aromatic rings. The molecule has 0 fully saturated rings. The first-order chi connectivity index (χ1) is 14.5. The van der Waals surface area contributed by atoms with Crippen LogP contribution >= 0.6 is 11.3 Å². The molecule has 0 spiro atoms. The Labute approximate surface area is 179 Å². The summed E-state index contributed by atoms with van der Waals surface area (Å²) in [7, 11) is 0. The summed E-state index contributed by atoms with van der Waals surface area (Å²) in [5.74, 6) is 2.05. The van der Waals surface area contributed by atoms with E-state index >= 15 is 0 Å². The second-order valence-electron chi connectivity index (χ2n) is 8.11. The molecule has 7 nitrogen and oxygen atoms in total. The minimum absolute atomic E-state index is 0.0603. The number of rotatable bonds is 9. The first kappa shape index (κ1) is 21.2. The van der Waals surface area contributed by atoms with E-state index in [2.05, 4.69) is 11.9 Å². The number of thiophene rings is 1. The van der Waals surface area contributed by atoms with Crippen molar-refractivity contribution in [1.82, 2.24) is 14.9 Å². The number of aliphatic hydroxyl groups excluding tert-OH is 1. The highest BCUT2D eigenvalue weighted by Gasteiger charge is 2.23. The van der Waals surface area contributed by atoms with Gasteiger partial charge in [0.2, 0.25) is 0 Å². The number of hydrogen-bond donors (Lipinski definition) is 2. The van der Waals surface area contributed by atoms with Crippen LogP contribution in [0.3, 0.4) is 0 Å². The molecule has 0 unspecified atom stereocenters. The van der Waals surface area contributed by atoms with Gasteiger partial charge in [0.25, 0.3) is 5.56 Å². The maximum Gasteiger partial charge on any atom is 0.259 e. The molecule has 0 bridgehead atoms. The molecular formula is C22H29N3O4S. The van der Waals surface area contributed by atoms with Gasteiger partial charge in [-0.05, 0) is 49.8 Å². The summed E-state index contributed by atoms with van der Waals surface area (Å²) >= 11 is 1.65. The van der Waals surface area contributed by atoms with Gasteiger partial charge in [-0.25, -0.2) is 4.98 Å². The van der Waals surface area contributed by atoms with Crippen molar-refractivity contribution in [3.63, 3.8) is 0 Å². The highest BCUT2D eigenvalue weighted by molar-refractivity contribution is 7.18. The number of fused-ring (bicyclic) bond motifs is 3. The molecule has 4 rings (SSSR count). The molecule has 0 aliphatic heterocycles. The topological polar surface area (TPSA) is 91.6 Å². The molecule has 1 aliphatic carbocycles. The van der Waals surface area contributed by atoms with Gasteiger partial charge in [-0.2, -0.15) is 0 Å². The Balaban J connectivity index is 1.57. The first-order valence-corrected chi connectivity index (χ1v) is 11.4. The Morgan fingerprint density at radius 3 is 3.10 bits per heavy atom. The van der Waals surface area contributed by atoms with Crippen LogP contribution in [0, 0.1) is 5.92 Å². The Kier molecular flexibility index (Phi) is 6.67. The van der Waals surface area contributed by atoms with E-state index in [1.807, 2.05) is 24.0 Å². The van der Waals surface area contributed by atoms with Gasteiger partial charge in [-0.15, -0.1) is 11.3 Å². The molecule has 30 heavy (non-hydrogen) atoms. The Morgan fingerprint density at radius 1 is 1.47 bits per heavy atom. The van der Waals surface area contributed by atoms with Gasteiger partial charge in [0.1, 0.15) is 16.4 Å². The van der Waals surface area contributed by atoms with Gasteiger partial charge in [0, 0.05) is 18.0 Å². The van der Waals surface area contributed by atoms with E-state index in [9.17, 15) is 9.90 Å². The van der Waals surface area contributed by atoms with E-state index in [1.165, 1.54) is 10.4 Å². The molecule has 3 heterocycles. The highest BCUT2D eigenvalue weighted by atomic mass is 32.1. The van der Waals surface area contributed by atoms with Crippen molar-refractivity contribution in [1.29, 1.82) is 0 Å². The molecule has 0 amide bonds. The summed E-state index contributed by atoms with van der Waals surface area (Å²) in [4.78, 5) is 24.8. The molecule has 2 N–H and O–H groups in total. The standard InChI is InChI=1S/C22H29N3O4S/c1-3-28-13-15(26)10-25(11-16-5-4-8-29-16)12-19-23-21(27)20-17-7-6-14(2)9-18(17)30-22(20)24-19/h4-5,8,14-15,26H,3,6-7,9-13H2,1-2H3,(H,23,24,27)/t14-,15-/m0/s1. The lowest BCUT2D eigenvalue weighted by Crippen LogP contribution is -2.35. The first-order valence-electron chi connectivity index (χ1n) is 10.6. The fourth-order valence-corrected chi connectivity index (χ4v) is 5.49. The number of nitrogens with one attached hydrogen (secondary N) is 1. The second-order valence-corrected chi connectivity index (χ2v) is 9.19. The van der Waals surface area contributed by atoms with Gasteiger partial charge in [-0.1, -0.05) is 6.92 Å². The molecule has 8 heteroatoms. The number of hydrogen-bond acceptors (Lipinski definition) is 7. The monoisotopic (exact) mass is 431 g/mol. The van der Waals surface area contributed by atoms with Crippen LogP contribution in [0.5, 0.6) is 0 Å². The summed E-state index contributed by atoms with van der Waals surface area (Å²) in [6, 6.07) is 3.74. The van der Waals surface area contributed by atoms with E-state index in [4.69, 9.17) is 14.1 Å². The predicted octanol–water partition coefficient (Wildman–Crippen LogP) is 3.10. The number of aryl methyl sites for hydroxylation is 1. The van der Waals surface area contributed by atoms with Crippen LogP contribution in [0.2, 0.25) is 0 Å². The number of aromatic amines is 1. The van der Waals surface area contributed by atoms with Crippen LogP contribution < -0.4 is 5.56 Å². The quantitative estimate of drug-likeness (QED) is 0.541. The lowest BCUT2D eigenvalue weighted by molar-refractivity contribution is 0.0163. The number of H-pyrrole nitrogens is 1. The third-order valence-electron chi connectivity index (χ3n) is 5.53. The molecular weight excluding hydrogens is 402 g/mol. The van der Waals surface area contributed by atoms with E-state index in [1.54, 1.807) is 17.6 Å². The van der Waals surface area contributed by atoms with Crippen molar-refractivity contribution < 1.29 is 14.3 Å². The SMILES string of the molecule is CCOC[C@@H](O)CN(Cc1nc2sc3c(c2c(=O)[nH]1)CC[C@H](C)C3)Cc1ccco1. The molecule has 3 aromatic heterocycles. The molecule has 1 aliphatic rings. The van der Waals surface area contributed by atoms with Crippen LogP contribution in [-0.4, -0.2) is 45.8 Å². The Morgan fingerprint density at radius 2 is 2.33 bits per heavy atom. The molecule has 0 saturated heterocycles. The number of aromatic nitrogens is 2. The Hall–Kier alpha value is -2.00. The average molecular weight is 432 g/mol. The third kappa shape index (κ3) is 4.83. The summed E-state index contributed by atoms with van der Waals surface area (Å²) in [6.45, 7) is 6.30. The largest absolute Gasteiger partial charge is 0.468 e. The lowest BCUT2D eigenvalue weighted by Gasteiger charge is -2.23. The summed E-state index contributed by atoms with van der Waals surface area (Å²) in [6.07, 6.45) is 4.10. The summed E-state index contributed by atoms with van der Waals surface area (Å²) in [5, 5.41) is 11.1. The lowest BCUT2D eigenvalue weighted by atomic mass is 9.89. The zero-order valence-electron chi connectivity index (χ0n) is 17.5. The predicted molar refractivity (Wildman–Crippen MR) is 117 cm³/mol. The van der Waals surface area contributed by atoms with Crippen LogP contribution in [0.1, 0.15) is 42.3 Å². The van der Waals surface area contributed by atoms with Crippen molar-refractivity contribution in [2.24, 2.45) is 5.92 Å². The normalized spacial score (nSPS) is 17.5. The van der Waals surface area contributed by atoms with E-state index in [-0.39, 0.29) is 12.2 Å². The fourth-order valence-electron chi connectivity index (χ4n) is 4.09. The van der Waals surface area contributed by atoms with Gasteiger partial charge >= 0.3 is 0 Å². The van der Waals surface area contributed by atoms with E-state index < -0.39 is 6.10 Å². The van der Waals surface area contributed by atoms with Crippen LogP contribution in [-0.2, 0) is 30.7 Å². The molecule has 2 atom stereocenters. The summed E-state index contributed by atoms with van der Waals surface area (Å²) in [5.41, 5.74) is 1.13. The third-order valence-corrected chi connectivity index (χ3v) is 6.68. The number of ether oxygens (including phenoxy) is 1. The maximum absolute atomic E-state index is 12.9. The van der Waals surface area contributed by atoms with Crippen LogP contribution in [0.15, 0.2) is 27.6 Å². The fraction of sp³-hybridized carbons (Fsp3) is 0.545. The molecule has 0 saturated carbocycles. The van der Waals surface area contributed by atoms with Crippen molar-refractivity contribution in [2.75, 3.05) is 19.8 Å². The average Bonchev–Trinajstić information content (AvgIpc) is 3.33. The van der Waals surface area contributed by atoms with Crippen molar-refractivity contribution in [3.05, 3.63) is 50.8 Å². The van der Waals surface area contributed by atoms with Gasteiger partial charge in [0.15, 0.2) is 0 Å². The smallest absolute Gasteiger partial charge is 0.259 e. The van der Waals surface area contributed by atoms with Crippen LogP contribution in [0.4, 0.5) is 0 Å². The zero-order valence-corrected chi connectivity index (χ0v) is 18.3. The maximum atomic E-state index is 12.9. The van der Waals surface area contributed by atoms with E-state index in [0.29, 0.717) is 38.0 Å². The summed E-state index contributed by atoms with van der Waals surface area (Å²) < 4.78 is 10.8. The van der Waals surface area contributed by atoms with Gasteiger partial charge in [0.05, 0.1) is 37.4 Å². The molecule has 162 valence electrons. The minimum atomic E-state index is -0.633. The number of furan rings is 1. The van der Waals surface area contributed by atoms with Crippen LogP contribution in [0.25, 0.3) is 10.2 Å². The molecule has 0 aromatic carbocycles. The minimum Gasteiger partial charge on any atom is -0.468 e. The highest BCUT2D eigenvalue weighted by Crippen LogP contribution is 2.35. The zero-order chi connectivity index (χ0) is 21.1. The number of nitrogens with zero attached hydrogens (tertiary/aromatic N) is 2. The number of aliphatic hydroxyl groups is 1.